The third kappa shape index (κ3) is 6.31. The Balaban J connectivity index is 1.75. The maximum absolute atomic E-state index is 13.0. The number of nitrogens with zero attached hydrogens (tertiary/aromatic N) is 1. The number of carbonyl (C=O) groups excluding carboxylic acids is 2. The largest absolute Gasteiger partial charge is 0.458 e. The van der Waals surface area contributed by atoms with Crippen molar-refractivity contribution in [3.05, 3.63) is 71.8 Å². The summed E-state index contributed by atoms with van der Waals surface area (Å²) < 4.78 is 11.1. The van der Waals surface area contributed by atoms with Crippen LogP contribution in [0.4, 0.5) is 4.79 Å². The Labute approximate surface area is 183 Å². The Morgan fingerprint density at radius 1 is 1.03 bits per heavy atom. The summed E-state index contributed by atoms with van der Waals surface area (Å²) in [6.45, 7) is 5.52. The first-order valence-corrected chi connectivity index (χ1v) is 10.7. The normalized spacial score (nSPS) is 19.7. The minimum absolute atomic E-state index is 0.116. The van der Waals surface area contributed by atoms with Crippen LogP contribution in [0.15, 0.2) is 60.7 Å². The quantitative estimate of drug-likeness (QED) is 0.684. The van der Waals surface area contributed by atoms with Gasteiger partial charge in [0.2, 0.25) is 0 Å². The zero-order valence-electron chi connectivity index (χ0n) is 18.4. The lowest BCUT2D eigenvalue weighted by Gasteiger charge is -2.31. The Hall–Kier alpha value is -2.86. The van der Waals surface area contributed by atoms with E-state index in [0.717, 1.165) is 11.1 Å². The van der Waals surface area contributed by atoms with Crippen LogP contribution < -0.4 is 0 Å². The fourth-order valence-corrected chi connectivity index (χ4v) is 3.85. The summed E-state index contributed by atoms with van der Waals surface area (Å²) in [5, 5.41) is 10.7. The van der Waals surface area contributed by atoms with Crippen molar-refractivity contribution in [2.45, 2.75) is 70.4 Å². The van der Waals surface area contributed by atoms with Crippen molar-refractivity contribution in [3.8, 4) is 0 Å². The van der Waals surface area contributed by atoms with Crippen molar-refractivity contribution in [2.24, 2.45) is 0 Å². The molecule has 1 saturated heterocycles. The predicted octanol–water partition coefficient (Wildman–Crippen LogP) is 4.62. The van der Waals surface area contributed by atoms with E-state index in [2.05, 4.69) is 0 Å². The molecule has 0 saturated carbocycles. The third-order valence-electron chi connectivity index (χ3n) is 5.28. The lowest BCUT2D eigenvalue weighted by atomic mass is 10.0. The molecule has 31 heavy (non-hydrogen) atoms. The molecule has 1 N–H and O–H groups in total. The van der Waals surface area contributed by atoms with E-state index in [1.165, 1.54) is 4.90 Å². The maximum atomic E-state index is 13.0. The van der Waals surface area contributed by atoms with Crippen LogP contribution >= 0.6 is 0 Å². The Kier molecular flexibility index (Phi) is 7.33. The molecule has 1 aliphatic rings. The number of hydrogen-bond acceptors (Lipinski definition) is 5. The number of likely N-dealkylation sites (tertiary alicyclic amines) is 1. The summed E-state index contributed by atoms with van der Waals surface area (Å²) in [5.41, 5.74) is 0.990. The zero-order chi connectivity index (χ0) is 22.4. The van der Waals surface area contributed by atoms with Gasteiger partial charge in [0.15, 0.2) is 0 Å². The number of aliphatic hydroxyl groups is 1. The first-order chi connectivity index (χ1) is 14.7. The van der Waals surface area contributed by atoms with Crippen LogP contribution in [0, 0.1) is 0 Å². The van der Waals surface area contributed by atoms with E-state index in [1.807, 2.05) is 60.7 Å². The number of benzene rings is 2. The lowest BCUT2D eigenvalue weighted by molar-refractivity contribution is -0.160. The van der Waals surface area contributed by atoms with Crippen LogP contribution in [0.5, 0.6) is 0 Å². The molecule has 2 aromatic rings. The van der Waals surface area contributed by atoms with E-state index < -0.39 is 29.8 Å². The van der Waals surface area contributed by atoms with Crippen LogP contribution in [0.3, 0.4) is 0 Å². The standard InChI is InChI=1S/C25H31NO5/c1-25(2,3)31-23(28)21-15-14-20(16-22(27)19-12-8-5-9-13-19)26(21)24(29)30-17-18-10-6-4-7-11-18/h4-13,20-22,27H,14-17H2,1-3H3/t20-,21+,22+/m1/s1. The van der Waals surface area contributed by atoms with E-state index >= 15 is 0 Å². The summed E-state index contributed by atoms with van der Waals surface area (Å²) in [6.07, 6.45) is 0.0787. The van der Waals surface area contributed by atoms with Gasteiger partial charge in [-0.05, 0) is 51.2 Å². The third-order valence-corrected chi connectivity index (χ3v) is 5.28. The smallest absolute Gasteiger partial charge is 0.411 e. The monoisotopic (exact) mass is 425 g/mol. The van der Waals surface area contributed by atoms with Gasteiger partial charge in [-0.3, -0.25) is 4.90 Å². The average molecular weight is 426 g/mol. The molecule has 1 aliphatic heterocycles. The van der Waals surface area contributed by atoms with Crippen LogP contribution in [0.2, 0.25) is 0 Å². The number of amides is 1. The van der Waals surface area contributed by atoms with E-state index in [0.29, 0.717) is 19.3 Å². The number of carbonyl (C=O) groups is 2. The molecule has 6 heteroatoms. The van der Waals surface area contributed by atoms with Crippen molar-refractivity contribution >= 4 is 12.1 Å². The van der Waals surface area contributed by atoms with Crippen LogP contribution in [0.1, 0.15) is 57.3 Å². The molecule has 0 aliphatic carbocycles. The van der Waals surface area contributed by atoms with Crippen molar-refractivity contribution in [3.63, 3.8) is 0 Å². The highest BCUT2D eigenvalue weighted by Gasteiger charge is 2.44. The summed E-state index contributed by atoms with van der Waals surface area (Å²) in [4.78, 5) is 27.3. The molecule has 166 valence electrons. The van der Waals surface area contributed by atoms with Gasteiger partial charge in [0.1, 0.15) is 18.2 Å². The first-order valence-electron chi connectivity index (χ1n) is 10.7. The Morgan fingerprint density at radius 2 is 1.65 bits per heavy atom. The lowest BCUT2D eigenvalue weighted by Crippen LogP contribution is -2.47. The van der Waals surface area contributed by atoms with E-state index in [4.69, 9.17) is 9.47 Å². The highest BCUT2D eigenvalue weighted by atomic mass is 16.6. The molecule has 0 unspecified atom stereocenters. The van der Waals surface area contributed by atoms with Crippen molar-refractivity contribution < 1.29 is 24.2 Å². The van der Waals surface area contributed by atoms with Gasteiger partial charge in [0, 0.05) is 6.04 Å². The van der Waals surface area contributed by atoms with Crippen LogP contribution in [0.25, 0.3) is 0 Å². The van der Waals surface area contributed by atoms with Crippen molar-refractivity contribution in [1.82, 2.24) is 4.90 Å². The summed E-state index contributed by atoms with van der Waals surface area (Å²) in [7, 11) is 0. The Morgan fingerprint density at radius 3 is 2.26 bits per heavy atom. The van der Waals surface area contributed by atoms with Gasteiger partial charge in [0.05, 0.1) is 6.10 Å². The van der Waals surface area contributed by atoms with Crippen molar-refractivity contribution in [2.75, 3.05) is 0 Å². The number of ether oxygens (including phenoxy) is 2. The average Bonchev–Trinajstić information content (AvgIpc) is 3.16. The zero-order valence-corrected chi connectivity index (χ0v) is 18.4. The van der Waals surface area contributed by atoms with Gasteiger partial charge in [0.25, 0.3) is 0 Å². The molecule has 0 bridgehead atoms. The summed E-state index contributed by atoms with van der Waals surface area (Å²) >= 11 is 0. The van der Waals surface area contributed by atoms with Crippen molar-refractivity contribution in [1.29, 1.82) is 0 Å². The number of hydrogen-bond donors (Lipinski definition) is 1. The second kappa shape index (κ2) is 9.96. The van der Waals surface area contributed by atoms with Gasteiger partial charge in [-0.25, -0.2) is 9.59 Å². The summed E-state index contributed by atoms with van der Waals surface area (Å²) in [5.74, 6) is -0.444. The molecule has 0 spiro atoms. The fraction of sp³-hybridized carbons (Fsp3) is 0.440. The predicted molar refractivity (Wildman–Crippen MR) is 117 cm³/mol. The molecule has 0 aromatic heterocycles. The van der Waals surface area contributed by atoms with Gasteiger partial charge in [-0.1, -0.05) is 60.7 Å². The van der Waals surface area contributed by atoms with E-state index in [1.54, 1.807) is 20.8 Å². The van der Waals surface area contributed by atoms with Gasteiger partial charge < -0.3 is 14.6 Å². The first kappa shape index (κ1) is 22.8. The molecule has 1 fully saturated rings. The fourth-order valence-electron chi connectivity index (χ4n) is 3.85. The molecule has 1 heterocycles. The van der Waals surface area contributed by atoms with Crippen LogP contribution in [-0.2, 0) is 20.9 Å². The number of esters is 1. The molecule has 2 aromatic carbocycles. The van der Waals surface area contributed by atoms with E-state index in [-0.39, 0.29) is 12.6 Å². The number of rotatable bonds is 6. The van der Waals surface area contributed by atoms with Crippen LogP contribution in [-0.4, -0.2) is 39.8 Å². The van der Waals surface area contributed by atoms with E-state index in [9.17, 15) is 14.7 Å². The molecular weight excluding hydrogens is 394 g/mol. The highest BCUT2D eigenvalue weighted by molar-refractivity contribution is 5.82. The molecule has 3 atom stereocenters. The molecule has 3 rings (SSSR count). The topological polar surface area (TPSA) is 76.1 Å². The minimum Gasteiger partial charge on any atom is -0.458 e. The highest BCUT2D eigenvalue weighted by Crippen LogP contribution is 2.33. The van der Waals surface area contributed by atoms with Gasteiger partial charge >= 0.3 is 12.1 Å². The molecule has 0 radical (unpaired) electrons. The second-order valence-electron chi connectivity index (χ2n) is 8.89. The maximum Gasteiger partial charge on any atom is 0.411 e. The molecule has 6 nitrogen and oxygen atoms in total. The number of aliphatic hydroxyl groups excluding tert-OH is 1. The molecule has 1 amide bonds. The summed E-state index contributed by atoms with van der Waals surface area (Å²) in [6, 6.07) is 17.7. The second-order valence-corrected chi connectivity index (χ2v) is 8.89. The Bertz CT molecular complexity index is 862. The molecular formula is C25H31NO5. The van der Waals surface area contributed by atoms with Gasteiger partial charge in [-0.2, -0.15) is 0 Å². The van der Waals surface area contributed by atoms with Gasteiger partial charge in [-0.15, -0.1) is 0 Å². The SMILES string of the molecule is CC(C)(C)OC(=O)[C@@H]1CC[C@H](C[C@H](O)c2ccccc2)N1C(=O)OCc1ccccc1. The minimum atomic E-state index is -0.743.